The number of anilines is 2. The van der Waals surface area contributed by atoms with Gasteiger partial charge in [-0.3, -0.25) is 0 Å². The number of hydrogen-bond acceptors (Lipinski definition) is 6. The van der Waals surface area contributed by atoms with Crippen molar-refractivity contribution in [3.05, 3.63) is 30.3 Å². The van der Waals surface area contributed by atoms with Crippen molar-refractivity contribution in [2.75, 3.05) is 18.1 Å². The van der Waals surface area contributed by atoms with Gasteiger partial charge in [0.2, 0.25) is 0 Å². The van der Waals surface area contributed by atoms with Crippen LogP contribution >= 0.6 is 0 Å². The van der Waals surface area contributed by atoms with Crippen molar-refractivity contribution in [1.29, 1.82) is 0 Å². The summed E-state index contributed by atoms with van der Waals surface area (Å²) in [5, 5.41) is 14.0. The molecule has 7 nitrogen and oxygen atoms in total. The zero-order valence-corrected chi connectivity index (χ0v) is 11.0. The molecular formula is C13H13FN6O. The fourth-order valence-corrected chi connectivity index (χ4v) is 2.16. The number of aliphatic hydroxyl groups is 1. The highest BCUT2D eigenvalue weighted by Gasteiger charge is 2.17. The van der Waals surface area contributed by atoms with Crippen molar-refractivity contribution in [3.63, 3.8) is 0 Å². The fourth-order valence-electron chi connectivity index (χ4n) is 2.16. The number of aromatic nitrogens is 4. The van der Waals surface area contributed by atoms with Crippen LogP contribution in [0.5, 0.6) is 0 Å². The standard InChI is InChI=1S/C13H13FN6O/c14-8-5-7(1-2-9(8)15)11-10-12(16)17-6-18-13(10)20(19-11)3-4-21/h1-2,5-6,21H,3-4,15H2,(H2,16,17,18). The molecule has 0 fully saturated rings. The lowest BCUT2D eigenvalue weighted by molar-refractivity contribution is 0.271. The van der Waals surface area contributed by atoms with Gasteiger partial charge in [-0.2, -0.15) is 5.10 Å². The van der Waals surface area contributed by atoms with E-state index in [1.807, 2.05) is 0 Å². The Hall–Kier alpha value is -2.74. The van der Waals surface area contributed by atoms with Crippen LogP contribution in [0.4, 0.5) is 15.9 Å². The lowest BCUT2D eigenvalue weighted by Crippen LogP contribution is -2.05. The van der Waals surface area contributed by atoms with Crippen LogP contribution < -0.4 is 11.5 Å². The van der Waals surface area contributed by atoms with Gasteiger partial charge >= 0.3 is 0 Å². The Balaban J connectivity index is 2.28. The molecule has 0 aliphatic carbocycles. The maximum atomic E-state index is 13.7. The number of hydrogen-bond donors (Lipinski definition) is 3. The van der Waals surface area contributed by atoms with E-state index in [1.165, 1.54) is 23.1 Å². The van der Waals surface area contributed by atoms with Crippen molar-refractivity contribution < 1.29 is 9.50 Å². The van der Waals surface area contributed by atoms with E-state index in [0.717, 1.165) is 0 Å². The average molecular weight is 288 g/mol. The molecule has 108 valence electrons. The Labute approximate surface area is 119 Å². The Morgan fingerprint density at radius 3 is 2.76 bits per heavy atom. The van der Waals surface area contributed by atoms with E-state index in [2.05, 4.69) is 15.1 Å². The lowest BCUT2D eigenvalue weighted by Gasteiger charge is -2.01. The molecule has 3 aromatic rings. The van der Waals surface area contributed by atoms with Gasteiger partial charge in [0.25, 0.3) is 0 Å². The minimum atomic E-state index is -0.534. The second-order valence-corrected chi connectivity index (χ2v) is 4.49. The topological polar surface area (TPSA) is 116 Å². The molecule has 0 aliphatic rings. The van der Waals surface area contributed by atoms with Crippen LogP contribution in [0.25, 0.3) is 22.3 Å². The van der Waals surface area contributed by atoms with Gasteiger partial charge in [-0.15, -0.1) is 0 Å². The quantitative estimate of drug-likeness (QED) is 0.614. The number of halogens is 1. The largest absolute Gasteiger partial charge is 0.396 e. The molecule has 1 aromatic carbocycles. The Morgan fingerprint density at radius 1 is 1.24 bits per heavy atom. The van der Waals surface area contributed by atoms with E-state index >= 15 is 0 Å². The van der Waals surface area contributed by atoms with Crippen LogP contribution in [0.15, 0.2) is 24.5 Å². The van der Waals surface area contributed by atoms with Crippen LogP contribution in [0, 0.1) is 5.82 Å². The van der Waals surface area contributed by atoms with Crippen LogP contribution in [-0.2, 0) is 6.54 Å². The summed E-state index contributed by atoms with van der Waals surface area (Å²) in [6.07, 6.45) is 1.32. The monoisotopic (exact) mass is 288 g/mol. The van der Waals surface area contributed by atoms with Gasteiger partial charge in [0.05, 0.1) is 24.2 Å². The normalized spacial score (nSPS) is 11.1. The van der Waals surface area contributed by atoms with Crippen LogP contribution in [0.3, 0.4) is 0 Å². The molecule has 0 saturated carbocycles. The summed E-state index contributed by atoms with van der Waals surface area (Å²) in [5.41, 5.74) is 12.9. The lowest BCUT2D eigenvalue weighted by atomic mass is 10.1. The highest BCUT2D eigenvalue weighted by molar-refractivity contribution is 5.98. The molecule has 0 atom stereocenters. The minimum absolute atomic E-state index is 0.0575. The van der Waals surface area contributed by atoms with Gasteiger partial charge in [-0.25, -0.2) is 19.0 Å². The van der Waals surface area contributed by atoms with Gasteiger partial charge in [0.15, 0.2) is 5.65 Å². The van der Waals surface area contributed by atoms with E-state index in [1.54, 1.807) is 6.07 Å². The minimum Gasteiger partial charge on any atom is -0.396 e. The van der Waals surface area contributed by atoms with E-state index < -0.39 is 5.82 Å². The fraction of sp³-hybridized carbons (Fsp3) is 0.154. The van der Waals surface area contributed by atoms with Crippen LogP contribution in [-0.4, -0.2) is 31.5 Å². The Kier molecular flexibility index (Phi) is 3.15. The van der Waals surface area contributed by atoms with E-state index in [9.17, 15) is 4.39 Å². The van der Waals surface area contributed by atoms with E-state index in [-0.39, 0.29) is 24.7 Å². The molecule has 0 unspecified atom stereocenters. The first-order chi connectivity index (χ1) is 10.1. The molecule has 21 heavy (non-hydrogen) atoms. The summed E-state index contributed by atoms with van der Waals surface area (Å²) in [4.78, 5) is 8.07. The summed E-state index contributed by atoms with van der Waals surface area (Å²) in [7, 11) is 0. The first kappa shape index (κ1) is 13.3. The zero-order valence-electron chi connectivity index (χ0n) is 11.0. The summed E-state index contributed by atoms with van der Waals surface area (Å²) in [6, 6.07) is 4.39. The molecule has 2 aromatic heterocycles. The zero-order chi connectivity index (χ0) is 15.0. The van der Waals surface area contributed by atoms with Crippen LogP contribution in [0.1, 0.15) is 0 Å². The molecule has 2 heterocycles. The number of benzene rings is 1. The summed E-state index contributed by atoms with van der Waals surface area (Å²) < 4.78 is 15.2. The average Bonchev–Trinajstić information content (AvgIpc) is 2.83. The SMILES string of the molecule is Nc1ccc(-c2nn(CCO)c3ncnc(N)c23)cc1F. The van der Waals surface area contributed by atoms with Crippen molar-refractivity contribution in [1.82, 2.24) is 19.7 Å². The molecule has 8 heteroatoms. The number of nitrogens with two attached hydrogens (primary N) is 2. The highest BCUT2D eigenvalue weighted by Crippen LogP contribution is 2.31. The number of nitrogens with zero attached hydrogens (tertiary/aromatic N) is 4. The molecule has 0 radical (unpaired) electrons. The third kappa shape index (κ3) is 2.15. The number of nitrogen functional groups attached to an aromatic ring is 2. The smallest absolute Gasteiger partial charge is 0.164 e. The molecule has 5 N–H and O–H groups in total. The highest BCUT2D eigenvalue weighted by atomic mass is 19.1. The van der Waals surface area contributed by atoms with E-state index in [0.29, 0.717) is 22.3 Å². The van der Waals surface area contributed by atoms with E-state index in [4.69, 9.17) is 16.6 Å². The third-order valence-corrected chi connectivity index (χ3v) is 3.14. The number of fused-ring (bicyclic) bond motifs is 1. The van der Waals surface area contributed by atoms with Crippen molar-refractivity contribution in [2.24, 2.45) is 0 Å². The number of aliphatic hydroxyl groups excluding tert-OH is 1. The van der Waals surface area contributed by atoms with Gasteiger partial charge in [0.1, 0.15) is 23.7 Å². The molecule has 3 rings (SSSR count). The molecule has 0 bridgehead atoms. The summed E-state index contributed by atoms with van der Waals surface area (Å²) in [5.74, 6) is -0.288. The number of rotatable bonds is 3. The molecule has 0 spiro atoms. The molecule has 0 saturated heterocycles. The molecule has 0 amide bonds. The first-order valence-corrected chi connectivity index (χ1v) is 6.25. The second kappa shape index (κ2) is 4.98. The predicted molar refractivity (Wildman–Crippen MR) is 76.6 cm³/mol. The second-order valence-electron chi connectivity index (χ2n) is 4.49. The molecule has 0 aliphatic heterocycles. The third-order valence-electron chi connectivity index (χ3n) is 3.14. The Bertz CT molecular complexity index is 816. The van der Waals surface area contributed by atoms with Gasteiger partial charge in [0, 0.05) is 5.56 Å². The Morgan fingerprint density at radius 2 is 2.05 bits per heavy atom. The molecular weight excluding hydrogens is 275 g/mol. The van der Waals surface area contributed by atoms with Crippen molar-refractivity contribution in [3.8, 4) is 11.3 Å². The predicted octanol–water partition coefficient (Wildman–Crippen LogP) is 0.789. The summed E-state index contributed by atoms with van der Waals surface area (Å²) >= 11 is 0. The van der Waals surface area contributed by atoms with Gasteiger partial charge in [-0.1, -0.05) is 6.07 Å². The van der Waals surface area contributed by atoms with Gasteiger partial charge < -0.3 is 16.6 Å². The summed E-state index contributed by atoms with van der Waals surface area (Å²) in [6.45, 7) is 0.153. The van der Waals surface area contributed by atoms with Crippen molar-refractivity contribution in [2.45, 2.75) is 6.54 Å². The van der Waals surface area contributed by atoms with Crippen molar-refractivity contribution >= 4 is 22.5 Å². The van der Waals surface area contributed by atoms with Crippen LogP contribution in [0.2, 0.25) is 0 Å². The maximum absolute atomic E-state index is 13.7. The van der Waals surface area contributed by atoms with Gasteiger partial charge in [-0.05, 0) is 12.1 Å². The first-order valence-electron chi connectivity index (χ1n) is 6.25. The maximum Gasteiger partial charge on any atom is 0.164 e.